The number of nitrogens with zero attached hydrogens (tertiary/aromatic N) is 2. The first kappa shape index (κ1) is 16.5. The Kier molecular flexibility index (Phi) is 5.30. The summed E-state index contributed by atoms with van der Waals surface area (Å²) in [6.45, 7) is 0.423. The number of amides is 1. The van der Waals surface area contributed by atoms with Gasteiger partial charge in [-0.05, 0) is 24.1 Å². The van der Waals surface area contributed by atoms with E-state index in [0.717, 1.165) is 11.3 Å². The van der Waals surface area contributed by atoms with E-state index in [0.29, 0.717) is 13.0 Å². The second kappa shape index (κ2) is 7.40. The highest BCUT2D eigenvalue weighted by atomic mass is 16.6. The Morgan fingerprint density at radius 1 is 1.17 bits per heavy atom. The number of nitro benzene ring substituents is 1. The van der Waals surface area contributed by atoms with Crippen molar-refractivity contribution in [2.24, 2.45) is 0 Å². The van der Waals surface area contributed by atoms with Gasteiger partial charge in [-0.15, -0.1) is 0 Å². The van der Waals surface area contributed by atoms with E-state index >= 15 is 0 Å². The zero-order chi connectivity index (χ0) is 16.8. The molecule has 2 rings (SSSR count). The third-order valence-corrected chi connectivity index (χ3v) is 3.48. The van der Waals surface area contributed by atoms with Crippen LogP contribution in [-0.4, -0.2) is 31.5 Å². The van der Waals surface area contributed by atoms with Crippen LogP contribution in [0.25, 0.3) is 0 Å². The summed E-state index contributed by atoms with van der Waals surface area (Å²) in [6.07, 6.45) is 0.674. The third kappa shape index (κ3) is 4.29. The summed E-state index contributed by atoms with van der Waals surface area (Å²) in [5.41, 5.74) is 1.73. The van der Waals surface area contributed by atoms with Crippen LogP contribution >= 0.6 is 0 Å². The topological polar surface area (TPSA) is 75.5 Å². The number of carbonyl (C=O) groups excluding carboxylic acids is 1. The Balaban J connectivity index is 2.11. The molecule has 0 aromatic heterocycles. The van der Waals surface area contributed by atoms with E-state index in [1.807, 2.05) is 44.4 Å². The van der Waals surface area contributed by atoms with Gasteiger partial charge in [0.1, 0.15) is 5.56 Å². The van der Waals surface area contributed by atoms with Crippen molar-refractivity contribution >= 4 is 17.3 Å². The standard InChI is InChI=1S/C17H19N3O3/c1-19(2)14-8-9-16(20(22)23)15(12-14)17(21)18-11-10-13-6-4-3-5-7-13/h3-9,12H,10-11H2,1-2H3,(H,18,21). The summed E-state index contributed by atoms with van der Waals surface area (Å²) in [4.78, 5) is 24.7. The molecule has 0 spiro atoms. The molecular formula is C17H19N3O3. The van der Waals surface area contributed by atoms with Gasteiger partial charge in [0.2, 0.25) is 0 Å². The number of carbonyl (C=O) groups is 1. The van der Waals surface area contributed by atoms with Gasteiger partial charge in [-0.3, -0.25) is 14.9 Å². The first-order valence-corrected chi connectivity index (χ1v) is 7.27. The average molecular weight is 313 g/mol. The van der Waals surface area contributed by atoms with Crippen molar-refractivity contribution in [1.82, 2.24) is 5.32 Å². The number of nitro groups is 1. The zero-order valence-electron chi connectivity index (χ0n) is 13.2. The first-order chi connectivity index (χ1) is 11.0. The van der Waals surface area contributed by atoms with Crippen molar-refractivity contribution in [1.29, 1.82) is 0 Å². The van der Waals surface area contributed by atoms with Crippen LogP contribution in [-0.2, 0) is 6.42 Å². The van der Waals surface area contributed by atoms with E-state index < -0.39 is 10.8 Å². The molecule has 0 aliphatic heterocycles. The Bertz CT molecular complexity index is 699. The maximum Gasteiger partial charge on any atom is 0.282 e. The molecule has 0 saturated heterocycles. The number of hydrogen-bond acceptors (Lipinski definition) is 4. The van der Waals surface area contributed by atoms with Gasteiger partial charge in [-0.2, -0.15) is 0 Å². The maximum absolute atomic E-state index is 12.3. The minimum absolute atomic E-state index is 0.0780. The molecule has 0 fully saturated rings. The molecule has 1 amide bonds. The summed E-state index contributed by atoms with van der Waals surface area (Å²) in [5.74, 6) is -0.434. The van der Waals surface area contributed by atoms with Crippen LogP contribution in [0.3, 0.4) is 0 Å². The molecule has 0 heterocycles. The molecule has 0 unspecified atom stereocenters. The van der Waals surface area contributed by atoms with E-state index in [4.69, 9.17) is 0 Å². The number of hydrogen-bond donors (Lipinski definition) is 1. The fourth-order valence-corrected chi connectivity index (χ4v) is 2.20. The van der Waals surface area contributed by atoms with E-state index in [9.17, 15) is 14.9 Å². The van der Waals surface area contributed by atoms with Gasteiger partial charge < -0.3 is 10.2 Å². The molecule has 0 atom stereocenters. The number of benzene rings is 2. The second-order valence-corrected chi connectivity index (χ2v) is 5.34. The molecule has 0 saturated carbocycles. The lowest BCUT2D eigenvalue weighted by atomic mass is 10.1. The smallest absolute Gasteiger partial charge is 0.282 e. The van der Waals surface area contributed by atoms with Crippen LogP contribution in [0, 0.1) is 10.1 Å². The van der Waals surface area contributed by atoms with Crippen LogP contribution < -0.4 is 10.2 Å². The lowest BCUT2D eigenvalue weighted by Gasteiger charge is -2.14. The highest BCUT2D eigenvalue weighted by Crippen LogP contribution is 2.24. The van der Waals surface area contributed by atoms with Crippen molar-refractivity contribution in [3.8, 4) is 0 Å². The van der Waals surface area contributed by atoms with Crippen molar-refractivity contribution in [2.75, 3.05) is 25.5 Å². The fourth-order valence-electron chi connectivity index (χ4n) is 2.20. The highest BCUT2D eigenvalue weighted by molar-refractivity contribution is 5.99. The molecule has 6 heteroatoms. The lowest BCUT2D eigenvalue weighted by Crippen LogP contribution is -2.26. The molecule has 6 nitrogen and oxygen atoms in total. The largest absolute Gasteiger partial charge is 0.378 e. The molecule has 0 aliphatic rings. The number of rotatable bonds is 6. The predicted octanol–water partition coefficient (Wildman–Crippen LogP) is 2.63. The van der Waals surface area contributed by atoms with E-state index in [-0.39, 0.29) is 11.3 Å². The van der Waals surface area contributed by atoms with Crippen molar-refractivity contribution < 1.29 is 9.72 Å². The monoisotopic (exact) mass is 313 g/mol. The van der Waals surface area contributed by atoms with Crippen LogP contribution in [0.5, 0.6) is 0 Å². The highest BCUT2D eigenvalue weighted by Gasteiger charge is 2.20. The van der Waals surface area contributed by atoms with E-state index in [1.54, 1.807) is 11.0 Å². The minimum Gasteiger partial charge on any atom is -0.378 e. The Hall–Kier alpha value is -2.89. The van der Waals surface area contributed by atoms with E-state index in [1.165, 1.54) is 12.1 Å². The van der Waals surface area contributed by atoms with Gasteiger partial charge >= 0.3 is 0 Å². The Morgan fingerprint density at radius 3 is 2.48 bits per heavy atom. The predicted molar refractivity (Wildman–Crippen MR) is 89.9 cm³/mol. The van der Waals surface area contributed by atoms with E-state index in [2.05, 4.69) is 5.32 Å². The minimum atomic E-state index is -0.536. The molecule has 0 bridgehead atoms. The van der Waals surface area contributed by atoms with Gasteiger partial charge in [-0.25, -0.2) is 0 Å². The van der Waals surface area contributed by atoms with Crippen molar-refractivity contribution in [3.63, 3.8) is 0 Å². The molecule has 23 heavy (non-hydrogen) atoms. The molecule has 0 radical (unpaired) electrons. The summed E-state index contributed by atoms with van der Waals surface area (Å²) in [6, 6.07) is 14.3. The van der Waals surface area contributed by atoms with Gasteiger partial charge in [0.15, 0.2) is 0 Å². The van der Waals surface area contributed by atoms with Crippen LogP contribution in [0.4, 0.5) is 11.4 Å². The molecular weight excluding hydrogens is 294 g/mol. The lowest BCUT2D eigenvalue weighted by molar-refractivity contribution is -0.385. The third-order valence-electron chi connectivity index (χ3n) is 3.48. The second-order valence-electron chi connectivity index (χ2n) is 5.34. The SMILES string of the molecule is CN(C)c1ccc([N+](=O)[O-])c(C(=O)NCCc2ccccc2)c1. The zero-order valence-corrected chi connectivity index (χ0v) is 13.2. The summed E-state index contributed by atoms with van der Waals surface area (Å²) < 4.78 is 0. The first-order valence-electron chi connectivity index (χ1n) is 7.27. The van der Waals surface area contributed by atoms with Crippen molar-refractivity contribution in [3.05, 3.63) is 69.8 Å². The fraction of sp³-hybridized carbons (Fsp3) is 0.235. The van der Waals surface area contributed by atoms with Gasteiger partial charge in [-0.1, -0.05) is 30.3 Å². The summed E-state index contributed by atoms with van der Waals surface area (Å²) >= 11 is 0. The van der Waals surface area contributed by atoms with Crippen molar-refractivity contribution in [2.45, 2.75) is 6.42 Å². The molecule has 0 aliphatic carbocycles. The molecule has 2 aromatic rings. The summed E-state index contributed by atoms with van der Waals surface area (Å²) in [5, 5.41) is 13.9. The maximum atomic E-state index is 12.3. The normalized spacial score (nSPS) is 10.2. The van der Waals surface area contributed by atoms with Gasteiger partial charge in [0.05, 0.1) is 4.92 Å². The van der Waals surface area contributed by atoms with Gasteiger partial charge in [0.25, 0.3) is 11.6 Å². The number of nitrogens with one attached hydrogen (secondary N) is 1. The molecule has 120 valence electrons. The van der Waals surface area contributed by atoms with Crippen LogP contribution in [0.15, 0.2) is 48.5 Å². The molecule has 2 aromatic carbocycles. The number of anilines is 1. The summed E-state index contributed by atoms with van der Waals surface area (Å²) in [7, 11) is 3.64. The quantitative estimate of drug-likeness (QED) is 0.657. The van der Waals surface area contributed by atoms with Gasteiger partial charge in [0, 0.05) is 32.4 Å². The molecule has 1 N–H and O–H groups in total. The average Bonchev–Trinajstić information content (AvgIpc) is 2.55. The Morgan fingerprint density at radius 2 is 1.87 bits per heavy atom. The van der Waals surface area contributed by atoms with Crippen LogP contribution in [0.1, 0.15) is 15.9 Å². The van der Waals surface area contributed by atoms with Crippen LogP contribution in [0.2, 0.25) is 0 Å². The Labute approximate surface area is 134 Å².